The van der Waals surface area contributed by atoms with Crippen molar-refractivity contribution in [3.8, 4) is 0 Å². The van der Waals surface area contributed by atoms with Crippen LogP contribution in [0.5, 0.6) is 0 Å². The molecular weight excluding hydrogens is 134 g/mol. The van der Waals surface area contributed by atoms with Gasteiger partial charge in [-0.15, -0.1) is 0 Å². The van der Waals surface area contributed by atoms with E-state index in [2.05, 4.69) is 18.8 Å². The summed E-state index contributed by atoms with van der Waals surface area (Å²) in [4.78, 5) is 4.12. The number of hydrogen-bond donors (Lipinski definition) is 0. The molecule has 0 aromatic rings. The quantitative estimate of drug-likeness (QED) is 0.591. The molecule has 0 amide bonds. The van der Waals surface area contributed by atoms with Crippen LogP contribution < -0.4 is 0 Å². The smallest absolute Gasteiger partial charge is 0.249 e. The summed E-state index contributed by atoms with van der Waals surface area (Å²) in [5.41, 5.74) is 0. The van der Waals surface area contributed by atoms with Crippen LogP contribution in [0.1, 0.15) is 20.3 Å². The van der Waals surface area contributed by atoms with E-state index in [0.29, 0.717) is 5.37 Å². The van der Waals surface area contributed by atoms with Gasteiger partial charge in [0, 0.05) is 0 Å². The number of thioether (sulfide) groups is 1. The predicted octanol–water partition coefficient (Wildman–Crippen LogP) is 1.86. The maximum absolute atomic E-state index is 5.21. The molecule has 3 heteroatoms. The van der Waals surface area contributed by atoms with Crippen molar-refractivity contribution < 1.29 is 4.74 Å². The van der Waals surface area contributed by atoms with Crippen molar-refractivity contribution in [2.45, 2.75) is 25.6 Å². The summed E-state index contributed by atoms with van der Waals surface area (Å²) in [6, 6.07) is 0. The number of hydrogen-bond acceptors (Lipinski definition) is 3. The molecule has 0 fully saturated rings. The molecule has 0 N–H and O–H groups in total. The molecule has 0 spiro atoms. The summed E-state index contributed by atoms with van der Waals surface area (Å²) >= 11 is 1.70. The lowest BCUT2D eigenvalue weighted by Crippen LogP contribution is -2.16. The lowest BCUT2D eigenvalue weighted by atomic mass is 10.5. The van der Waals surface area contributed by atoms with Crippen molar-refractivity contribution in [1.82, 2.24) is 0 Å². The summed E-state index contributed by atoms with van der Waals surface area (Å²) < 4.78 is 5.21. The van der Waals surface area contributed by atoms with E-state index in [0.717, 1.165) is 18.3 Å². The van der Waals surface area contributed by atoms with Gasteiger partial charge in [0.1, 0.15) is 5.37 Å². The van der Waals surface area contributed by atoms with Crippen LogP contribution in [-0.2, 0) is 4.74 Å². The van der Waals surface area contributed by atoms with Gasteiger partial charge in [-0.3, -0.25) is 0 Å². The largest absolute Gasteiger partial charge is 0.473 e. The van der Waals surface area contributed by atoms with E-state index in [-0.39, 0.29) is 0 Å². The Morgan fingerprint density at radius 3 is 2.89 bits per heavy atom. The van der Waals surface area contributed by atoms with E-state index in [9.17, 15) is 0 Å². The van der Waals surface area contributed by atoms with Gasteiger partial charge in [-0.25, -0.2) is 4.99 Å². The van der Waals surface area contributed by atoms with Crippen LogP contribution in [0.15, 0.2) is 4.99 Å². The third-order valence-corrected chi connectivity index (χ3v) is 1.86. The highest BCUT2D eigenvalue weighted by Gasteiger charge is 2.17. The molecule has 1 aliphatic heterocycles. The fourth-order valence-electron chi connectivity index (χ4n) is 0.563. The molecule has 9 heavy (non-hydrogen) atoms. The van der Waals surface area contributed by atoms with Gasteiger partial charge in [0.25, 0.3) is 0 Å². The van der Waals surface area contributed by atoms with Crippen LogP contribution in [-0.4, -0.2) is 17.2 Å². The third kappa shape index (κ3) is 1.90. The zero-order chi connectivity index (χ0) is 6.69. The maximum Gasteiger partial charge on any atom is 0.249 e. The lowest BCUT2D eigenvalue weighted by molar-refractivity contribution is 0.310. The maximum atomic E-state index is 5.21. The lowest BCUT2D eigenvalue weighted by Gasteiger charge is -2.18. The average molecular weight is 145 g/mol. The van der Waals surface area contributed by atoms with Crippen LogP contribution in [0.3, 0.4) is 0 Å². The van der Waals surface area contributed by atoms with Gasteiger partial charge >= 0.3 is 0 Å². The van der Waals surface area contributed by atoms with E-state index in [1.165, 1.54) is 0 Å². The fourth-order valence-corrected chi connectivity index (χ4v) is 1.21. The second kappa shape index (κ2) is 3.11. The predicted molar refractivity (Wildman–Crippen MR) is 40.7 cm³/mol. The van der Waals surface area contributed by atoms with Crippen LogP contribution in [0, 0.1) is 0 Å². The molecule has 0 bridgehead atoms. The Balaban J connectivity index is 2.09. The topological polar surface area (TPSA) is 21.6 Å². The van der Waals surface area contributed by atoms with Crippen molar-refractivity contribution in [2.24, 2.45) is 4.99 Å². The Bertz CT molecular complexity index is 124. The molecule has 0 aromatic carbocycles. The normalized spacial score (nSPS) is 24.7. The minimum Gasteiger partial charge on any atom is -0.473 e. The molecule has 0 radical (unpaired) electrons. The molecule has 0 aromatic heterocycles. The van der Waals surface area contributed by atoms with Gasteiger partial charge in [-0.2, -0.15) is 0 Å². The summed E-state index contributed by atoms with van der Waals surface area (Å²) in [7, 11) is 0. The Morgan fingerprint density at radius 2 is 2.44 bits per heavy atom. The van der Waals surface area contributed by atoms with E-state index in [1.54, 1.807) is 11.8 Å². The zero-order valence-electron chi connectivity index (χ0n) is 5.76. The van der Waals surface area contributed by atoms with Crippen molar-refractivity contribution in [3.05, 3.63) is 0 Å². The van der Waals surface area contributed by atoms with Crippen LogP contribution in [0.25, 0.3) is 0 Å². The number of ether oxygens (including phenoxy) is 1. The monoisotopic (exact) mass is 145 g/mol. The second-order valence-corrected chi connectivity index (χ2v) is 3.23. The van der Waals surface area contributed by atoms with Gasteiger partial charge in [-0.05, 0) is 25.1 Å². The first kappa shape index (κ1) is 6.93. The van der Waals surface area contributed by atoms with E-state index < -0.39 is 0 Å². The molecule has 1 unspecified atom stereocenters. The second-order valence-electron chi connectivity index (χ2n) is 1.96. The summed E-state index contributed by atoms with van der Waals surface area (Å²) in [6.07, 6.45) is 1.06. The van der Waals surface area contributed by atoms with Gasteiger partial charge in [0.05, 0.1) is 6.61 Å². The molecule has 1 aliphatic rings. The Kier molecular flexibility index (Phi) is 2.39. The first-order valence-electron chi connectivity index (χ1n) is 3.20. The third-order valence-electron chi connectivity index (χ3n) is 0.988. The molecule has 0 saturated carbocycles. The number of rotatable bonds is 2. The van der Waals surface area contributed by atoms with Gasteiger partial charge in [0.2, 0.25) is 5.23 Å². The first-order chi connectivity index (χ1) is 4.33. The molecule has 52 valence electrons. The van der Waals surface area contributed by atoms with E-state index in [1.807, 2.05) is 0 Å². The van der Waals surface area contributed by atoms with Crippen molar-refractivity contribution in [3.63, 3.8) is 0 Å². The van der Waals surface area contributed by atoms with Crippen molar-refractivity contribution >= 4 is 17.0 Å². The highest BCUT2D eigenvalue weighted by atomic mass is 32.2. The van der Waals surface area contributed by atoms with Crippen LogP contribution in [0.2, 0.25) is 0 Å². The van der Waals surface area contributed by atoms with Crippen LogP contribution in [0.4, 0.5) is 0 Å². The number of nitrogens with zero attached hydrogens (tertiary/aromatic N) is 1. The average Bonchev–Trinajstić information content (AvgIpc) is 1.78. The fraction of sp³-hybridized carbons (Fsp3) is 0.833. The van der Waals surface area contributed by atoms with Gasteiger partial charge in [-0.1, -0.05) is 6.92 Å². The highest BCUT2D eigenvalue weighted by molar-refractivity contribution is 8.15. The van der Waals surface area contributed by atoms with E-state index >= 15 is 0 Å². The standard InChI is InChI=1S/C6H11NOS/c1-3-4-8-6-7-5(2)9-6/h5H,3-4H2,1-2H3. The highest BCUT2D eigenvalue weighted by Crippen LogP contribution is 2.25. The van der Waals surface area contributed by atoms with Crippen LogP contribution >= 0.6 is 11.8 Å². The molecule has 0 saturated heterocycles. The van der Waals surface area contributed by atoms with Crippen molar-refractivity contribution in [1.29, 1.82) is 0 Å². The SMILES string of the molecule is CCCOC1=NC(C)S1. The Hall–Kier alpha value is -0.180. The van der Waals surface area contributed by atoms with Crippen molar-refractivity contribution in [2.75, 3.05) is 6.61 Å². The summed E-state index contributed by atoms with van der Waals surface area (Å²) in [5, 5.41) is 1.29. The van der Waals surface area contributed by atoms with Gasteiger partial charge < -0.3 is 4.74 Å². The summed E-state index contributed by atoms with van der Waals surface area (Å²) in [5.74, 6) is 0. The minimum absolute atomic E-state index is 0.428. The molecule has 2 nitrogen and oxygen atoms in total. The molecule has 0 aliphatic carbocycles. The summed E-state index contributed by atoms with van der Waals surface area (Å²) in [6.45, 7) is 4.95. The molecule has 1 rings (SSSR count). The Labute approximate surface area is 59.7 Å². The van der Waals surface area contributed by atoms with E-state index in [4.69, 9.17) is 4.74 Å². The first-order valence-corrected chi connectivity index (χ1v) is 4.08. The zero-order valence-corrected chi connectivity index (χ0v) is 6.57. The Morgan fingerprint density at radius 1 is 1.78 bits per heavy atom. The van der Waals surface area contributed by atoms with Gasteiger partial charge in [0.15, 0.2) is 0 Å². The molecular formula is C6H11NOS. The molecule has 1 heterocycles. The molecule has 1 atom stereocenters. The number of aliphatic imine (C=N–C) groups is 1. The minimum atomic E-state index is 0.428.